The van der Waals surface area contributed by atoms with Gasteiger partial charge in [-0.1, -0.05) is 53.4 Å². The van der Waals surface area contributed by atoms with Gasteiger partial charge in [0.15, 0.2) is 0 Å². The van der Waals surface area contributed by atoms with Gasteiger partial charge in [0.25, 0.3) is 0 Å². The Balaban J connectivity index is 0. The van der Waals surface area contributed by atoms with Crippen molar-refractivity contribution in [3.8, 4) is 0 Å². The first-order valence-corrected chi connectivity index (χ1v) is 7.86. The normalized spacial score (nSPS) is 13.2. The van der Waals surface area contributed by atoms with Crippen molar-refractivity contribution in [2.45, 2.75) is 79.1 Å². The maximum absolute atomic E-state index is 11.9. The summed E-state index contributed by atoms with van der Waals surface area (Å²) in [6, 6.07) is 0. The van der Waals surface area contributed by atoms with Gasteiger partial charge in [0, 0.05) is 0 Å². The maximum atomic E-state index is 11.9. The van der Waals surface area contributed by atoms with E-state index in [1.54, 1.807) is 0 Å². The summed E-state index contributed by atoms with van der Waals surface area (Å²) < 4.78 is 5.07. The third-order valence-corrected chi connectivity index (χ3v) is 3.67. The zero-order valence-corrected chi connectivity index (χ0v) is 13.0. The summed E-state index contributed by atoms with van der Waals surface area (Å²) in [6.45, 7) is 8.14. The molecule has 0 saturated carbocycles. The van der Waals surface area contributed by atoms with Crippen molar-refractivity contribution in [2.75, 3.05) is 0 Å². The first kappa shape index (κ1) is 22.9. The number of ether oxygens (including phenoxy) is 1. The molecule has 0 aromatic heterocycles. The molecule has 0 aliphatic rings. The van der Waals surface area contributed by atoms with Gasteiger partial charge in [-0.05, 0) is 25.7 Å². The molecule has 4 heteroatoms. The second-order valence-electron chi connectivity index (χ2n) is 5.23. The van der Waals surface area contributed by atoms with Crippen LogP contribution in [0.4, 0.5) is 0 Å². The number of hydrogen-bond acceptors (Lipinski definition) is 3. The van der Waals surface area contributed by atoms with Crippen LogP contribution in [-0.4, -0.2) is 57.4 Å². The molecule has 3 nitrogen and oxygen atoms in total. The van der Waals surface area contributed by atoms with Crippen LogP contribution >= 0.6 is 0 Å². The molecule has 0 spiro atoms. The minimum absolute atomic E-state index is 0. The summed E-state index contributed by atoms with van der Waals surface area (Å²) in [4.78, 5) is 23.9. The second kappa shape index (κ2) is 14.6. The van der Waals surface area contributed by atoms with Crippen LogP contribution < -0.4 is 0 Å². The Morgan fingerprint density at radius 3 is 1.40 bits per heavy atom. The molecule has 0 aliphatic carbocycles. The Labute approximate surface area is 161 Å². The molecular weight excluding hydrogens is 328 g/mol. The van der Waals surface area contributed by atoms with E-state index >= 15 is 0 Å². The summed E-state index contributed by atoms with van der Waals surface area (Å²) in [5, 5.41) is 0. The van der Waals surface area contributed by atoms with Gasteiger partial charge in [-0.15, -0.1) is 0 Å². The third-order valence-electron chi connectivity index (χ3n) is 3.67. The van der Waals surface area contributed by atoms with Crippen LogP contribution in [0.2, 0.25) is 0 Å². The Morgan fingerprint density at radius 2 is 1.15 bits per heavy atom. The van der Waals surface area contributed by atoms with Crippen molar-refractivity contribution in [1.82, 2.24) is 0 Å². The van der Waals surface area contributed by atoms with E-state index in [1.807, 2.05) is 13.8 Å². The van der Waals surface area contributed by atoms with Crippen LogP contribution in [0.5, 0.6) is 0 Å². The van der Waals surface area contributed by atoms with Crippen LogP contribution in [0.25, 0.3) is 0 Å². The Morgan fingerprint density at radius 1 is 0.800 bits per heavy atom. The molecule has 2 atom stereocenters. The summed E-state index contributed by atoms with van der Waals surface area (Å²) >= 11 is 0. The van der Waals surface area contributed by atoms with Gasteiger partial charge in [0.2, 0.25) is 0 Å². The first-order valence-electron chi connectivity index (χ1n) is 7.86. The topological polar surface area (TPSA) is 43.4 Å². The van der Waals surface area contributed by atoms with Crippen molar-refractivity contribution in [3.63, 3.8) is 0 Å². The first-order chi connectivity index (χ1) is 9.10. The van der Waals surface area contributed by atoms with Crippen molar-refractivity contribution >= 4 is 57.4 Å². The van der Waals surface area contributed by atoms with Gasteiger partial charge in [0.1, 0.15) is 0 Å². The van der Waals surface area contributed by atoms with E-state index in [9.17, 15) is 9.59 Å². The third kappa shape index (κ3) is 9.54. The molecule has 0 saturated heterocycles. The zero-order valence-electron chi connectivity index (χ0n) is 13.0. The predicted octanol–water partition coefficient (Wildman–Crippen LogP) is 3.57. The van der Waals surface area contributed by atoms with Crippen LogP contribution in [0.3, 0.4) is 0 Å². The molecule has 0 radical (unpaired) electrons. The molecule has 2 unspecified atom stereocenters. The SMILES string of the molecule is CCCCC(CC)C(=O)OC(=O)C(CC)CCCC.[SrH2]. The number of carbonyl (C=O) groups excluding carboxylic acids is 2. The van der Waals surface area contributed by atoms with Crippen LogP contribution in [0, 0.1) is 11.8 Å². The van der Waals surface area contributed by atoms with Crippen LogP contribution in [0.15, 0.2) is 0 Å². The number of rotatable bonds is 10. The monoisotopic (exact) mass is 360 g/mol. The summed E-state index contributed by atoms with van der Waals surface area (Å²) in [6.07, 6.45) is 7.28. The van der Waals surface area contributed by atoms with E-state index in [2.05, 4.69) is 13.8 Å². The summed E-state index contributed by atoms with van der Waals surface area (Å²) in [7, 11) is 0. The van der Waals surface area contributed by atoms with Crippen LogP contribution in [-0.2, 0) is 14.3 Å². The molecule has 0 heterocycles. The van der Waals surface area contributed by atoms with E-state index in [0.717, 1.165) is 51.4 Å². The fourth-order valence-corrected chi connectivity index (χ4v) is 2.14. The number of esters is 2. The molecule has 0 fully saturated rings. The van der Waals surface area contributed by atoms with Crippen molar-refractivity contribution in [1.29, 1.82) is 0 Å². The van der Waals surface area contributed by atoms with E-state index in [0.29, 0.717) is 0 Å². The molecule has 0 aromatic carbocycles. The molecule has 0 amide bonds. The molecular formula is C16H32O3Sr. The number of hydrogen-bond donors (Lipinski definition) is 0. The van der Waals surface area contributed by atoms with Crippen molar-refractivity contribution in [3.05, 3.63) is 0 Å². The molecule has 0 rings (SSSR count). The Kier molecular flexibility index (Phi) is 16.7. The molecule has 116 valence electrons. The van der Waals surface area contributed by atoms with Gasteiger partial charge in [0.05, 0.1) is 11.8 Å². The summed E-state index contributed by atoms with van der Waals surface area (Å²) in [5.74, 6) is -0.882. The van der Waals surface area contributed by atoms with E-state index < -0.39 is 0 Å². The average Bonchev–Trinajstić information content (AvgIpc) is 2.40. The van der Waals surface area contributed by atoms with E-state index in [1.165, 1.54) is 0 Å². The van der Waals surface area contributed by atoms with Gasteiger partial charge in [-0.3, -0.25) is 9.59 Å². The fraction of sp³-hybridized carbons (Fsp3) is 0.875. The van der Waals surface area contributed by atoms with Crippen molar-refractivity contribution in [2.24, 2.45) is 11.8 Å². The predicted molar refractivity (Wildman–Crippen MR) is 86.3 cm³/mol. The molecule has 20 heavy (non-hydrogen) atoms. The number of carbonyl (C=O) groups is 2. The molecule has 0 aromatic rings. The zero-order chi connectivity index (χ0) is 14.7. The van der Waals surface area contributed by atoms with E-state index in [-0.39, 0.29) is 69.3 Å². The van der Waals surface area contributed by atoms with Gasteiger partial charge >= 0.3 is 57.4 Å². The molecule has 0 aliphatic heterocycles. The Hall–Kier alpha value is 0.621. The van der Waals surface area contributed by atoms with Gasteiger partial charge in [-0.25, -0.2) is 0 Å². The van der Waals surface area contributed by atoms with E-state index in [4.69, 9.17) is 4.74 Å². The van der Waals surface area contributed by atoms with Gasteiger partial charge < -0.3 is 4.74 Å². The Bertz CT molecular complexity index is 240. The minimum atomic E-state index is -0.323. The fourth-order valence-electron chi connectivity index (χ4n) is 2.14. The van der Waals surface area contributed by atoms with Gasteiger partial charge in [-0.2, -0.15) is 0 Å². The van der Waals surface area contributed by atoms with Crippen molar-refractivity contribution < 1.29 is 14.3 Å². The average molecular weight is 360 g/mol. The summed E-state index contributed by atoms with van der Waals surface area (Å²) in [5.41, 5.74) is 0. The molecule has 0 N–H and O–H groups in total. The standard InChI is InChI=1S/C16H30O3.Sr.2H/c1-5-9-11-13(7-3)15(17)19-16(18)14(8-4)12-10-6-2;;;/h13-14H,5-12H2,1-4H3;;;. The number of unbranched alkanes of at least 4 members (excludes halogenated alkanes) is 2. The quantitative estimate of drug-likeness (QED) is 0.340. The second-order valence-corrected chi connectivity index (χ2v) is 5.23. The molecule has 0 bridgehead atoms. The van der Waals surface area contributed by atoms with Crippen LogP contribution in [0.1, 0.15) is 79.1 Å².